The van der Waals surface area contributed by atoms with Crippen LogP contribution >= 0.6 is 0 Å². The van der Waals surface area contributed by atoms with Crippen LogP contribution in [0.4, 0.5) is 43.9 Å². The SMILES string of the molecule is CC(=O)N(CCc1ccc(OC(=O)C(F)(F)C(F)(F)F)cc1)C(=O)C(F)(F)C(F)(F)F. The number of alkyl halides is 10. The van der Waals surface area contributed by atoms with E-state index in [1.807, 2.05) is 0 Å². The maximum absolute atomic E-state index is 13.2. The zero-order chi connectivity index (χ0) is 24.4. The van der Waals surface area contributed by atoms with Gasteiger partial charge in [-0.2, -0.15) is 43.9 Å². The van der Waals surface area contributed by atoms with Gasteiger partial charge in [0.25, 0.3) is 0 Å². The van der Waals surface area contributed by atoms with Crippen molar-refractivity contribution >= 4 is 17.8 Å². The van der Waals surface area contributed by atoms with E-state index in [0.717, 1.165) is 24.3 Å². The van der Waals surface area contributed by atoms with Gasteiger partial charge in [0, 0.05) is 13.5 Å². The minimum absolute atomic E-state index is 0.0248. The summed E-state index contributed by atoms with van der Waals surface area (Å²) in [5, 5.41) is 0. The van der Waals surface area contributed by atoms with Gasteiger partial charge in [0.2, 0.25) is 5.91 Å². The molecule has 0 aliphatic carbocycles. The van der Waals surface area contributed by atoms with Crippen LogP contribution in [0.25, 0.3) is 0 Å². The fraction of sp³-hybridized carbons (Fsp3) is 0.438. The predicted octanol–water partition coefficient (Wildman–Crippen LogP) is 3.90. The molecule has 1 rings (SSSR count). The molecule has 2 amide bonds. The second kappa shape index (κ2) is 8.70. The lowest BCUT2D eigenvalue weighted by molar-refractivity contribution is -0.276. The highest BCUT2D eigenvalue weighted by molar-refractivity contribution is 5.98. The van der Waals surface area contributed by atoms with Gasteiger partial charge in [-0.25, -0.2) is 4.79 Å². The summed E-state index contributed by atoms with van der Waals surface area (Å²) in [6.07, 6.45) is -12.9. The molecule has 0 aliphatic rings. The Bertz CT molecular complexity index is 830. The van der Waals surface area contributed by atoms with Crippen LogP contribution in [-0.2, 0) is 20.8 Å². The standard InChI is InChI=1S/C16H11F10NO4/c1-8(28)27(11(29)13(17,18)15(21,22)23)7-6-9-2-4-10(5-3-9)31-12(30)14(19,20)16(24,25)26/h2-5H,6-7H2,1H3. The maximum atomic E-state index is 13.2. The van der Waals surface area contributed by atoms with E-state index in [0.29, 0.717) is 6.92 Å². The molecule has 15 heteroatoms. The van der Waals surface area contributed by atoms with Crippen molar-refractivity contribution in [1.29, 1.82) is 0 Å². The fourth-order valence-electron chi connectivity index (χ4n) is 1.94. The minimum Gasteiger partial charge on any atom is -0.422 e. The number of hydrogen-bond donors (Lipinski definition) is 0. The molecule has 0 aromatic heterocycles. The number of imide groups is 1. The Hall–Kier alpha value is -2.87. The Labute approximate surface area is 166 Å². The summed E-state index contributed by atoms with van der Waals surface area (Å²) in [6, 6.07) is 3.31. The molecule has 31 heavy (non-hydrogen) atoms. The highest BCUT2D eigenvalue weighted by Crippen LogP contribution is 2.38. The first kappa shape index (κ1) is 26.2. The summed E-state index contributed by atoms with van der Waals surface area (Å²) < 4.78 is 129. The average Bonchev–Trinajstić information content (AvgIpc) is 2.60. The summed E-state index contributed by atoms with van der Waals surface area (Å²) in [5.74, 6) is -19.5. The molecule has 0 bridgehead atoms. The van der Waals surface area contributed by atoms with Crippen molar-refractivity contribution < 1.29 is 63.0 Å². The van der Waals surface area contributed by atoms with E-state index in [1.54, 1.807) is 0 Å². The molecule has 0 aliphatic heterocycles. The Morgan fingerprint density at radius 2 is 1.26 bits per heavy atom. The first-order valence-corrected chi connectivity index (χ1v) is 7.85. The van der Waals surface area contributed by atoms with Crippen LogP contribution in [0.2, 0.25) is 0 Å². The Balaban J connectivity index is 2.88. The van der Waals surface area contributed by atoms with Crippen LogP contribution in [0.3, 0.4) is 0 Å². The number of rotatable bonds is 6. The lowest BCUT2D eigenvalue weighted by Crippen LogP contribution is -2.53. The van der Waals surface area contributed by atoms with E-state index in [9.17, 15) is 58.3 Å². The third-order valence-corrected chi connectivity index (χ3v) is 3.62. The van der Waals surface area contributed by atoms with Crippen LogP contribution in [0, 0.1) is 0 Å². The van der Waals surface area contributed by atoms with Crippen LogP contribution in [-0.4, -0.2) is 53.4 Å². The molecule has 174 valence electrons. The zero-order valence-electron chi connectivity index (χ0n) is 15.1. The first-order chi connectivity index (χ1) is 13.8. The number of esters is 1. The molecule has 0 saturated carbocycles. The number of halogens is 10. The van der Waals surface area contributed by atoms with Gasteiger partial charge in [-0.3, -0.25) is 14.5 Å². The van der Waals surface area contributed by atoms with Gasteiger partial charge in [0.05, 0.1) is 0 Å². The summed E-state index contributed by atoms with van der Waals surface area (Å²) in [6.45, 7) is -0.376. The molecule has 1 aromatic rings. The third-order valence-electron chi connectivity index (χ3n) is 3.62. The Morgan fingerprint density at radius 3 is 1.65 bits per heavy atom. The summed E-state index contributed by atoms with van der Waals surface area (Å²) in [5.41, 5.74) is 0.0248. The van der Waals surface area contributed by atoms with Gasteiger partial charge in [0.15, 0.2) is 0 Å². The molecule has 0 N–H and O–H groups in total. The molecular weight excluding hydrogens is 460 g/mol. The number of carbonyl (C=O) groups excluding carboxylic acids is 3. The zero-order valence-corrected chi connectivity index (χ0v) is 15.1. The third kappa shape index (κ3) is 5.85. The van der Waals surface area contributed by atoms with E-state index < -0.39 is 60.7 Å². The van der Waals surface area contributed by atoms with Crippen molar-refractivity contribution in [2.24, 2.45) is 0 Å². The van der Waals surface area contributed by atoms with Gasteiger partial charge in [-0.05, 0) is 24.1 Å². The number of nitrogens with zero attached hydrogens (tertiary/aromatic N) is 1. The molecule has 0 atom stereocenters. The Kier molecular flexibility index (Phi) is 7.35. The minimum atomic E-state index is -6.25. The quantitative estimate of drug-likeness (QED) is 0.359. The van der Waals surface area contributed by atoms with E-state index in [4.69, 9.17) is 0 Å². The highest BCUT2D eigenvalue weighted by Gasteiger charge is 2.66. The van der Waals surface area contributed by atoms with Gasteiger partial charge < -0.3 is 4.74 Å². The summed E-state index contributed by atoms with van der Waals surface area (Å²) >= 11 is 0. The van der Waals surface area contributed by atoms with Crippen molar-refractivity contribution in [1.82, 2.24) is 4.90 Å². The molecule has 0 unspecified atom stereocenters. The van der Waals surface area contributed by atoms with Crippen molar-refractivity contribution in [2.75, 3.05) is 6.54 Å². The van der Waals surface area contributed by atoms with E-state index >= 15 is 0 Å². The smallest absolute Gasteiger partial charge is 0.422 e. The first-order valence-electron chi connectivity index (χ1n) is 7.85. The van der Waals surface area contributed by atoms with Crippen LogP contribution in [0.15, 0.2) is 24.3 Å². The van der Waals surface area contributed by atoms with Gasteiger partial charge in [0.1, 0.15) is 5.75 Å². The van der Waals surface area contributed by atoms with Crippen molar-refractivity contribution in [2.45, 2.75) is 37.5 Å². The highest BCUT2D eigenvalue weighted by atomic mass is 19.4. The van der Waals surface area contributed by atoms with Crippen molar-refractivity contribution in [3.05, 3.63) is 29.8 Å². The van der Waals surface area contributed by atoms with Crippen LogP contribution in [0.5, 0.6) is 5.75 Å². The molecule has 1 aromatic carbocycles. The lowest BCUT2D eigenvalue weighted by atomic mass is 10.1. The van der Waals surface area contributed by atoms with E-state index in [2.05, 4.69) is 4.74 Å². The number of hydrogen-bond acceptors (Lipinski definition) is 4. The molecule has 0 fully saturated rings. The molecule has 0 spiro atoms. The number of benzene rings is 1. The molecule has 5 nitrogen and oxygen atoms in total. The second-order valence-electron chi connectivity index (χ2n) is 5.90. The lowest BCUT2D eigenvalue weighted by Gasteiger charge is -2.25. The van der Waals surface area contributed by atoms with E-state index in [1.165, 1.54) is 0 Å². The van der Waals surface area contributed by atoms with Gasteiger partial charge in [-0.15, -0.1) is 0 Å². The van der Waals surface area contributed by atoms with Gasteiger partial charge in [-0.1, -0.05) is 12.1 Å². The van der Waals surface area contributed by atoms with Gasteiger partial charge >= 0.3 is 36.1 Å². The number of ether oxygens (including phenoxy) is 1. The van der Waals surface area contributed by atoms with Crippen LogP contribution in [0.1, 0.15) is 12.5 Å². The topological polar surface area (TPSA) is 63.7 Å². The van der Waals surface area contributed by atoms with E-state index in [-0.39, 0.29) is 10.5 Å². The van der Waals surface area contributed by atoms with Crippen LogP contribution < -0.4 is 4.74 Å². The summed E-state index contributed by atoms with van der Waals surface area (Å²) in [7, 11) is 0. The Morgan fingerprint density at radius 1 is 0.806 bits per heavy atom. The number of carbonyl (C=O) groups is 3. The van der Waals surface area contributed by atoms with Crippen molar-refractivity contribution in [3.63, 3.8) is 0 Å². The second-order valence-corrected chi connectivity index (χ2v) is 5.90. The molecular formula is C16H11F10NO4. The number of amides is 2. The monoisotopic (exact) mass is 471 g/mol. The largest absolute Gasteiger partial charge is 0.465 e. The summed E-state index contributed by atoms with van der Waals surface area (Å²) in [4.78, 5) is 33.4. The van der Waals surface area contributed by atoms with Crippen molar-refractivity contribution in [3.8, 4) is 5.75 Å². The normalized spacial score (nSPS) is 13.0. The average molecular weight is 471 g/mol. The molecule has 0 saturated heterocycles. The predicted molar refractivity (Wildman–Crippen MR) is 80.2 cm³/mol. The maximum Gasteiger partial charge on any atom is 0.465 e. The molecule has 0 radical (unpaired) electrons. The fourth-order valence-corrected chi connectivity index (χ4v) is 1.94. The molecule has 0 heterocycles.